The first kappa shape index (κ1) is 30.7. The first-order chi connectivity index (χ1) is 20.5. The lowest BCUT2D eigenvalue weighted by atomic mass is 9.76. The molecule has 1 aliphatic carbocycles. The Morgan fingerprint density at radius 1 is 1.00 bits per heavy atom. The van der Waals surface area contributed by atoms with Crippen LogP contribution >= 0.6 is 11.6 Å². The summed E-state index contributed by atoms with van der Waals surface area (Å²) in [6.45, 7) is 0.238. The summed E-state index contributed by atoms with van der Waals surface area (Å²) in [4.78, 5) is 42.1. The van der Waals surface area contributed by atoms with Crippen molar-refractivity contribution in [1.29, 1.82) is 0 Å². The summed E-state index contributed by atoms with van der Waals surface area (Å²) in [5, 5.41) is 14.6. The number of sulfonamides is 1. The molecule has 3 amide bonds. The van der Waals surface area contributed by atoms with Crippen LogP contribution in [0.1, 0.15) is 75.0 Å². The number of halogens is 1. The molecule has 0 radical (unpaired) electrons. The molecule has 0 unspecified atom stereocenters. The number of amides is 3. The van der Waals surface area contributed by atoms with Crippen LogP contribution in [0.15, 0.2) is 72.8 Å². The largest absolute Gasteiger partial charge is 0.391 e. The van der Waals surface area contributed by atoms with E-state index in [1.807, 2.05) is 22.9 Å². The average Bonchev–Trinajstić information content (AvgIpc) is 2.97. The Morgan fingerprint density at radius 2 is 1.72 bits per heavy atom. The zero-order valence-electron chi connectivity index (χ0n) is 23.7. The second-order valence-electron chi connectivity index (χ2n) is 11.1. The fourth-order valence-electron chi connectivity index (χ4n) is 6.17. The van der Waals surface area contributed by atoms with Gasteiger partial charge in [0, 0.05) is 22.7 Å². The molecular formula is C32H34ClN3O6S. The lowest BCUT2D eigenvalue weighted by Gasteiger charge is -2.48. The van der Waals surface area contributed by atoms with Crippen LogP contribution in [0.25, 0.3) is 0 Å². The highest BCUT2D eigenvalue weighted by atomic mass is 35.5. The number of hydrogen-bond acceptors (Lipinski definition) is 6. The van der Waals surface area contributed by atoms with Gasteiger partial charge in [-0.05, 0) is 66.3 Å². The molecule has 11 heteroatoms. The number of nitrogens with zero attached hydrogens (tertiary/aromatic N) is 1. The molecular weight excluding hydrogens is 590 g/mol. The standard InChI is InChI=1S/C32H34ClN3O6S/c1-43(41,42)35-30(38)22-8-6-7-20(19-22)17-18-34-31(39)28-24-9-2-3-10-25(24)32(40)36(26-11-4-5-12-27(26)37)29(28)21-13-15-23(33)16-14-21/h2-3,6-10,13-16,19,26-29,37H,4-5,11-12,17-18H2,1H3,(H,34,39)(H,35,38)/t26-,27-,28+,29-/m0/s1. The summed E-state index contributed by atoms with van der Waals surface area (Å²) in [7, 11) is -3.71. The molecule has 3 aromatic rings. The topological polar surface area (TPSA) is 133 Å². The van der Waals surface area contributed by atoms with E-state index >= 15 is 0 Å². The first-order valence-corrected chi connectivity index (χ1v) is 16.5. The van der Waals surface area contributed by atoms with Crippen molar-refractivity contribution < 1.29 is 27.9 Å². The molecule has 1 fully saturated rings. The van der Waals surface area contributed by atoms with Gasteiger partial charge in [-0.2, -0.15) is 0 Å². The van der Waals surface area contributed by atoms with Crippen LogP contribution in [0.5, 0.6) is 0 Å². The van der Waals surface area contributed by atoms with Crippen LogP contribution in [0.2, 0.25) is 5.02 Å². The maximum Gasteiger partial charge on any atom is 0.264 e. The Bertz CT molecular complexity index is 1630. The smallest absolute Gasteiger partial charge is 0.264 e. The number of carbonyl (C=O) groups excluding carboxylic acids is 3. The monoisotopic (exact) mass is 623 g/mol. The van der Waals surface area contributed by atoms with Crippen LogP contribution in [-0.2, 0) is 21.2 Å². The Kier molecular flexibility index (Phi) is 9.19. The minimum atomic E-state index is -3.71. The number of hydrogen-bond donors (Lipinski definition) is 3. The van der Waals surface area contributed by atoms with Crippen molar-refractivity contribution in [2.24, 2.45) is 0 Å². The first-order valence-electron chi connectivity index (χ1n) is 14.3. The third-order valence-corrected chi connectivity index (χ3v) is 8.91. The van der Waals surface area contributed by atoms with Crippen molar-refractivity contribution in [3.8, 4) is 0 Å². The number of aliphatic hydroxyl groups is 1. The Labute approximate surface area is 256 Å². The maximum absolute atomic E-state index is 14.1. The zero-order chi connectivity index (χ0) is 30.7. The summed E-state index contributed by atoms with van der Waals surface area (Å²) in [5.74, 6) is -1.97. The Morgan fingerprint density at radius 3 is 2.44 bits per heavy atom. The number of nitrogens with one attached hydrogen (secondary N) is 2. The summed E-state index contributed by atoms with van der Waals surface area (Å²) in [6, 6.07) is 19.7. The van der Waals surface area contributed by atoms with E-state index in [9.17, 15) is 27.9 Å². The van der Waals surface area contributed by atoms with E-state index < -0.39 is 40.0 Å². The average molecular weight is 624 g/mol. The number of fused-ring (bicyclic) bond motifs is 1. The van der Waals surface area contributed by atoms with Gasteiger partial charge in [0.1, 0.15) is 0 Å². The van der Waals surface area contributed by atoms with Crippen LogP contribution in [-0.4, -0.2) is 61.1 Å². The van der Waals surface area contributed by atoms with Gasteiger partial charge in [-0.1, -0.05) is 66.9 Å². The number of aliphatic hydroxyl groups excluding tert-OH is 1. The van der Waals surface area contributed by atoms with Gasteiger partial charge in [-0.15, -0.1) is 0 Å². The van der Waals surface area contributed by atoms with Crippen molar-refractivity contribution in [1.82, 2.24) is 14.9 Å². The van der Waals surface area contributed by atoms with Crippen LogP contribution in [0.3, 0.4) is 0 Å². The lowest BCUT2D eigenvalue weighted by molar-refractivity contribution is -0.125. The molecule has 1 heterocycles. The molecule has 3 N–H and O–H groups in total. The van der Waals surface area contributed by atoms with Gasteiger partial charge in [0.2, 0.25) is 15.9 Å². The molecule has 1 saturated carbocycles. The van der Waals surface area contributed by atoms with Crippen molar-refractivity contribution in [2.75, 3.05) is 12.8 Å². The second kappa shape index (κ2) is 12.9. The van der Waals surface area contributed by atoms with Crippen molar-refractivity contribution in [3.63, 3.8) is 0 Å². The van der Waals surface area contributed by atoms with Crippen molar-refractivity contribution >= 4 is 39.3 Å². The van der Waals surface area contributed by atoms with Crippen LogP contribution in [0, 0.1) is 0 Å². The van der Waals surface area contributed by atoms with E-state index in [4.69, 9.17) is 11.6 Å². The minimum Gasteiger partial charge on any atom is -0.391 e. The van der Waals surface area contributed by atoms with Gasteiger partial charge in [0.25, 0.3) is 11.8 Å². The highest BCUT2D eigenvalue weighted by molar-refractivity contribution is 7.89. The van der Waals surface area contributed by atoms with E-state index in [1.165, 1.54) is 6.07 Å². The predicted octanol–water partition coefficient (Wildman–Crippen LogP) is 3.97. The van der Waals surface area contributed by atoms with Crippen molar-refractivity contribution in [3.05, 3.63) is 106 Å². The normalized spacial score (nSPS) is 22.0. The molecule has 0 bridgehead atoms. The quantitative estimate of drug-likeness (QED) is 0.348. The highest BCUT2D eigenvalue weighted by Gasteiger charge is 2.48. The molecule has 226 valence electrons. The van der Waals surface area contributed by atoms with Gasteiger partial charge >= 0.3 is 0 Å². The second-order valence-corrected chi connectivity index (χ2v) is 13.3. The number of rotatable bonds is 8. The third-order valence-electron chi connectivity index (χ3n) is 8.10. The summed E-state index contributed by atoms with van der Waals surface area (Å²) >= 11 is 6.20. The van der Waals surface area contributed by atoms with Gasteiger partial charge in [-0.3, -0.25) is 14.4 Å². The zero-order valence-corrected chi connectivity index (χ0v) is 25.3. The number of carbonyl (C=O) groups is 3. The van der Waals surface area contributed by atoms with Crippen LogP contribution < -0.4 is 10.0 Å². The molecule has 9 nitrogen and oxygen atoms in total. The minimum absolute atomic E-state index is 0.193. The van der Waals surface area contributed by atoms with Gasteiger partial charge < -0.3 is 15.3 Å². The molecule has 4 atom stereocenters. The summed E-state index contributed by atoms with van der Waals surface area (Å²) in [6.07, 6.45) is 3.57. The van der Waals surface area contributed by atoms with Gasteiger partial charge in [0.15, 0.2) is 0 Å². The fourth-order valence-corrected chi connectivity index (χ4v) is 6.75. The fraction of sp³-hybridized carbons (Fsp3) is 0.344. The van der Waals surface area contributed by atoms with E-state index in [0.29, 0.717) is 35.4 Å². The van der Waals surface area contributed by atoms with E-state index in [-0.39, 0.29) is 23.9 Å². The molecule has 2 aliphatic rings. The highest BCUT2D eigenvalue weighted by Crippen LogP contribution is 2.46. The Hall–Kier alpha value is -3.73. The van der Waals surface area contributed by atoms with Crippen molar-refractivity contribution in [2.45, 2.75) is 56.2 Å². The summed E-state index contributed by atoms with van der Waals surface area (Å²) in [5.41, 5.74) is 2.73. The molecule has 0 saturated heterocycles. The molecule has 0 aromatic heterocycles. The molecule has 43 heavy (non-hydrogen) atoms. The SMILES string of the molecule is CS(=O)(=O)NC(=O)c1cccc(CCNC(=O)[C@@H]2c3ccccc3C(=O)N([C@H]3CCCC[C@@H]3O)[C@H]2c2ccc(Cl)cc2)c1. The maximum atomic E-state index is 14.1. The van der Waals surface area contributed by atoms with Gasteiger partial charge in [-0.25, -0.2) is 13.1 Å². The van der Waals surface area contributed by atoms with E-state index in [2.05, 4.69) is 5.32 Å². The lowest BCUT2D eigenvalue weighted by Crippen LogP contribution is -2.55. The Balaban J connectivity index is 1.44. The predicted molar refractivity (Wildman–Crippen MR) is 163 cm³/mol. The van der Waals surface area contributed by atoms with Crippen LogP contribution in [0.4, 0.5) is 0 Å². The molecule has 5 rings (SSSR count). The summed E-state index contributed by atoms with van der Waals surface area (Å²) < 4.78 is 24.9. The molecule has 1 aliphatic heterocycles. The van der Waals surface area contributed by atoms with E-state index in [0.717, 1.165) is 30.2 Å². The molecule has 3 aromatic carbocycles. The molecule has 0 spiro atoms. The number of benzene rings is 3. The van der Waals surface area contributed by atoms with E-state index in [1.54, 1.807) is 53.4 Å². The van der Waals surface area contributed by atoms with Gasteiger partial charge in [0.05, 0.1) is 30.4 Å². The third kappa shape index (κ3) is 6.92.